The molecular weight excluding hydrogens is 300 g/mol. The van der Waals surface area contributed by atoms with E-state index in [1.807, 2.05) is 0 Å². The van der Waals surface area contributed by atoms with Crippen LogP contribution in [0, 0.1) is 0 Å². The van der Waals surface area contributed by atoms with Gasteiger partial charge in [-0.15, -0.1) is 16.9 Å². The predicted octanol–water partition coefficient (Wildman–Crippen LogP) is -2.02. The van der Waals surface area contributed by atoms with Gasteiger partial charge in [0.25, 0.3) is 5.91 Å². The topological polar surface area (TPSA) is 130 Å². The monoisotopic (exact) mass is 318 g/mol. The summed E-state index contributed by atoms with van der Waals surface area (Å²) >= 11 is 1.26. The average molecular weight is 318 g/mol. The molecular formula is C11H18N4O5S. The van der Waals surface area contributed by atoms with Gasteiger partial charge in [0.2, 0.25) is 0 Å². The summed E-state index contributed by atoms with van der Waals surface area (Å²) in [6.07, 6.45) is 0.00902. The fourth-order valence-corrected chi connectivity index (χ4v) is 2.92. The number of rotatable bonds is 4. The molecule has 2 rings (SSSR count). The molecule has 21 heavy (non-hydrogen) atoms. The highest BCUT2D eigenvalue weighted by molar-refractivity contribution is 7.99. The van der Waals surface area contributed by atoms with Crippen molar-refractivity contribution < 1.29 is 24.9 Å². The predicted molar refractivity (Wildman–Crippen MR) is 73.7 cm³/mol. The Morgan fingerprint density at radius 2 is 2.24 bits per heavy atom. The number of nitrogens with zero attached hydrogens (tertiary/aromatic N) is 3. The van der Waals surface area contributed by atoms with Gasteiger partial charge in [0.1, 0.15) is 29.8 Å². The maximum absolute atomic E-state index is 11.5. The molecule has 0 saturated carbocycles. The lowest BCUT2D eigenvalue weighted by Crippen LogP contribution is -2.54. The summed E-state index contributed by atoms with van der Waals surface area (Å²) < 4.78 is 6.64. The number of aliphatic hydroxyl groups is 3. The first kappa shape index (κ1) is 16.2. The van der Waals surface area contributed by atoms with Gasteiger partial charge in [0.05, 0.1) is 12.8 Å². The third-order valence-electron chi connectivity index (χ3n) is 3.36. The van der Waals surface area contributed by atoms with Gasteiger partial charge in [-0.3, -0.25) is 4.79 Å². The summed E-state index contributed by atoms with van der Waals surface area (Å²) in [7, 11) is 1.46. The van der Waals surface area contributed by atoms with Crippen molar-refractivity contribution in [3.05, 3.63) is 11.9 Å². The van der Waals surface area contributed by atoms with Crippen LogP contribution in [0.3, 0.4) is 0 Å². The second-order valence-electron chi connectivity index (χ2n) is 4.60. The van der Waals surface area contributed by atoms with E-state index >= 15 is 0 Å². The quantitative estimate of drug-likeness (QED) is 0.501. The molecule has 2 heterocycles. The molecule has 1 aromatic heterocycles. The molecule has 0 aromatic carbocycles. The number of aliphatic hydroxyl groups excluding tert-OH is 3. The molecule has 1 unspecified atom stereocenters. The van der Waals surface area contributed by atoms with Crippen molar-refractivity contribution in [2.75, 3.05) is 19.9 Å². The Bertz CT molecular complexity index is 483. The van der Waals surface area contributed by atoms with Crippen LogP contribution in [0.25, 0.3) is 0 Å². The van der Waals surface area contributed by atoms with Crippen molar-refractivity contribution in [1.82, 2.24) is 20.3 Å². The van der Waals surface area contributed by atoms with Crippen molar-refractivity contribution in [2.24, 2.45) is 0 Å². The van der Waals surface area contributed by atoms with Crippen molar-refractivity contribution in [2.45, 2.75) is 29.8 Å². The lowest BCUT2D eigenvalue weighted by Gasteiger charge is -2.41. The van der Waals surface area contributed by atoms with Crippen LogP contribution in [-0.2, 0) is 4.74 Å². The highest BCUT2D eigenvalue weighted by atomic mass is 32.2. The molecule has 1 fully saturated rings. The number of carbonyl (C=O) groups is 1. The van der Waals surface area contributed by atoms with Crippen molar-refractivity contribution in [3.8, 4) is 0 Å². The van der Waals surface area contributed by atoms with Crippen LogP contribution in [0.15, 0.2) is 6.20 Å². The lowest BCUT2D eigenvalue weighted by molar-refractivity contribution is -0.178. The normalized spacial score (nSPS) is 32.9. The number of hydrogen-bond donors (Lipinski definition) is 4. The molecule has 1 aliphatic heterocycles. The number of aromatic nitrogens is 3. The fourth-order valence-electron chi connectivity index (χ4n) is 2.23. The number of nitrogens with one attached hydrogen (secondary N) is 1. The Morgan fingerprint density at radius 1 is 1.52 bits per heavy atom. The zero-order valence-electron chi connectivity index (χ0n) is 11.6. The van der Waals surface area contributed by atoms with Crippen LogP contribution in [0.5, 0.6) is 0 Å². The molecule has 0 aliphatic carbocycles. The van der Waals surface area contributed by atoms with Gasteiger partial charge in [0.15, 0.2) is 5.69 Å². The third-order valence-corrected chi connectivity index (χ3v) is 4.21. The van der Waals surface area contributed by atoms with Crippen LogP contribution < -0.4 is 5.32 Å². The molecule has 10 heteroatoms. The zero-order chi connectivity index (χ0) is 15.6. The first-order chi connectivity index (χ1) is 10.0. The first-order valence-corrected chi connectivity index (χ1v) is 7.61. The molecule has 0 bridgehead atoms. The molecule has 9 nitrogen and oxygen atoms in total. The smallest absolute Gasteiger partial charge is 0.273 e. The van der Waals surface area contributed by atoms with E-state index in [0.29, 0.717) is 0 Å². The SMILES string of the molecule is CNC(=O)c1cn([C@H]2[C@@H](O)[C@@H](CO)OC(SC)[C@@H]2O)nn1. The zero-order valence-corrected chi connectivity index (χ0v) is 12.4. The third kappa shape index (κ3) is 3.04. The molecule has 1 aliphatic rings. The number of amides is 1. The van der Waals surface area contributed by atoms with Gasteiger partial charge in [0, 0.05) is 7.05 Å². The molecule has 1 amide bonds. The van der Waals surface area contributed by atoms with E-state index in [0.717, 1.165) is 0 Å². The van der Waals surface area contributed by atoms with Gasteiger partial charge >= 0.3 is 0 Å². The van der Waals surface area contributed by atoms with E-state index < -0.39 is 42.3 Å². The molecule has 1 saturated heterocycles. The van der Waals surface area contributed by atoms with E-state index in [1.165, 1.54) is 29.7 Å². The number of ether oxygens (including phenoxy) is 1. The minimum Gasteiger partial charge on any atom is -0.394 e. The van der Waals surface area contributed by atoms with Crippen LogP contribution in [0.2, 0.25) is 0 Å². The highest BCUT2D eigenvalue weighted by Gasteiger charge is 2.45. The Balaban J connectivity index is 2.29. The van der Waals surface area contributed by atoms with Crippen LogP contribution in [0.1, 0.15) is 16.5 Å². The second-order valence-corrected chi connectivity index (χ2v) is 5.53. The Kier molecular flexibility index (Phi) is 5.17. The van der Waals surface area contributed by atoms with E-state index in [-0.39, 0.29) is 5.69 Å². The van der Waals surface area contributed by atoms with E-state index in [1.54, 1.807) is 6.26 Å². The van der Waals surface area contributed by atoms with Gasteiger partial charge < -0.3 is 25.4 Å². The van der Waals surface area contributed by atoms with Crippen LogP contribution in [-0.4, -0.2) is 79.9 Å². The molecule has 118 valence electrons. The molecule has 4 N–H and O–H groups in total. The minimum absolute atomic E-state index is 0.0737. The Labute approximate surface area is 125 Å². The number of thioether (sulfide) groups is 1. The molecule has 0 spiro atoms. The van der Waals surface area contributed by atoms with E-state index in [9.17, 15) is 20.1 Å². The van der Waals surface area contributed by atoms with Gasteiger partial charge in [-0.1, -0.05) is 5.21 Å². The van der Waals surface area contributed by atoms with Crippen molar-refractivity contribution >= 4 is 17.7 Å². The molecule has 1 aromatic rings. The summed E-state index contributed by atoms with van der Waals surface area (Å²) in [5.74, 6) is -0.419. The second kappa shape index (κ2) is 6.71. The van der Waals surface area contributed by atoms with Gasteiger partial charge in [-0.25, -0.2) is 4.68 Å². The summed E-state index contributed by atoms with van der Waals surface area (Å²) in [4.78, 5) is 11.5. The van der Waals surface area contributed by atoms with Crippen molar-refractivity contribution in [1.29, 1.82) is 0 Å². The highest BCUT2D eigenvalue weighted by Crippen LogP contribution is 2.33. The summed E-state index contributed by atoms with van der Waals surface area (Å²) in [5, 5.41) is 39.7. The van der Waals surface area contributed by atoms with E-state index in [4.69, 9.17) is 4.74 Å². The molecule has 0 radical (unpaired) electrons. The minimum atomic E-state index is -1.17. The Hall–Kier alpha value is -1.20. The Morgan fingerprint density at radius 3 is 2.81 bits per heavy atom. The first-order valence-electron chi connectivity index (χ1n) is 6.32. The van der Waals surface area contributed by atoms with E-state index in [2.05, 4.69) is 15.6 Å². The summed E-state index contributed by atoms with van der Waals surface area (Å²) in [5.41, 5.74) is -0.548. The van der Waals surface area contributed by atoms with Crippen LogP contribution >= 0.6 is 11.8 Å². The summed E-state index contributed by atoms with van der Waals surface area (Å²) in [6, 6.07) is -0.862. The lowest BCUT2D eigenvalue weighted by atomic mass is 9.97. The fraction of sp³-hybridized carbons (Fsp3) is 0.727. The van der Waals surface area contributed by atoms with Crippen LogP contribution in [0.4, 0.5) is 0 Å². The summed E-state index contributed by atoms with van der Waals surface area (Å²) in [6.45, 7) is -0.390. The van der Waals surface area contributed by atoms with Crippen molar-refractivity contribution in [3.63, 3.8) is 0 Å². The average Bonchev–Trinajstić information content (AvgIpc) is 2.96. The van der Waals surface area contributed by atoms with Gasteiger partial charge in [-0.05, 0) is 6.26 Å². The largest absolute Gasteiger partial charge is 0.394 e. The standard InChI is InChI=1S/C11H18N4O5S/c1-12-10(19)5-3-15(14-13-5)7-8(17)6(4-16)20-11(21-2)9(7)18/h3,6-9,11,16-18H,4H2,1-2H3,(H,12,19)/t6-,7+,8+,9-,11?/m1/s1. The number of carbonyl (C=O) groups excluding carboxylic acids is 1. The maximum atomic E-state index is 11.5. The molecule has 5 atom stereocenters. The maximum Gasteiger partial charge on any atom is 0.273 e. The number of hydrogen-bond acceptors (Lipinski definition) is 8. The van der Waals surface area contributed by atoms with Gasteiger partial charge in [-0.2, -0.15) is 0 Å².